The van der Waals surface area contributed by atoms with E-state index in [-0.39, 0.29) is 11.9 Å². The van der Waals surface area contributed by atoms with E-state index in [0.29, 0.717) is 25.4 Å². The first kappa shape index (κ1) is 21.0. The van der Waals surface area contributed by atoms with Gasteiger partial charge >= 0.3 is 6.03 Å². The first-order valence-corrected chi connectivity index (χ1v) is 10.4. The SMILES string of the molecule is O=C(CCCNC(=O)NC1CCCCC1)NCCCCN1CCOCC1. The van der Waals surface area contributed by atoms with Crippen molar-refractivity contribution < 1.29 is 14.3 Å². The van der Waals surface area contributed by atoms with Crippen molar-refractivity contribution in [3.63, 3.8) is 0 Å². The third kappa shape index (κ3) is 9.38. The van der Waals surface area contributed by atoms with E-state index in [9.17, 15) is 9.59 Å². The molecule has 2 aliphatic rings. The summed E-state index contributed by atoms with van der Waals surface area (Å²) in [6, 6.07) is 0.227. The van der Waals surface area contributed by atoms with Crippen LogP contribution in [-0.2, 0) is 9.53 Å². The smallest absolute Gasteiger partial charge is 0.315 e. The minimum atomic E-state index is -0.0968. The molecule has 1 aliphatic heterocycles. The second-order valence-electron chi connectivity index (χ2n) is 7.35. The predicted molar refractivity (Wildman–Crippen MR) is 102 cm³/mol. The van der Waals surface area contributed by atoms with Crippen LogP contribution in [0.5, 0.6) is 0 Å². The molecule has 0 aromatic heterocycles. The Hall–Kier alpha value is -1.34. The zero-order valence-corrected chi connectivity index (χ0v) is 16.1. The van der Waals surface area contributed by atoms with Gasteiger partial charge in [0.25, 0.3) is 0 Å². The number of amides is 3. The third-order valence-electron chi connectivity index (χ3n) is 5.13. The predicted octanol–water partition coefficient (Wildman–Crippen LogP) is 1.63. The summed E-state index contributed by atoms with van der Waals surface area (Å²) < 4.78 is 5.33. The largest absolute Gasteiger partial charge is 0.379 e. The number of carbonyl (C=O) groups is 2. The Morgan fingerprint density at radius 2 is 1.65 bits per heavy atom. The van der Waals surface area contributed by atoms with Crippen molar-refractivity contribution in [2.75, 3.05) is 45.9 Å². The Morgan fingerprint density at radius 1 is 0.923 bits per heavy atom. The van der Waals surface area contributed by atoms with E-state index in [2.05, 4.69) is 20.9 Å². The minimum absolute atomic E-state index is 0.0749. The quantitative estimate of drug-likeness (QED) is 0.512. The summed E-state index contributed by atoms with van der Waals surface area (Å²) in [5.41, 5.74) is 0. The van der Waals surface area contributed by atoms with E-state index in [1.165, 1.54) is 19.3 Å². The van der Waals surface area contributed by atoms with Crippen molar-refractivity contribution in [3.8, 4) is 0 Å². The third-order valence-corrected chi connectivity index (χ3v) is 5.13. The Balaban J connectivity index is 1.38. The molecule has 2 fully saturated rings. The van der Waals surface area contributed by atoms with Crippen molar-refractivity contribution in [1.82, 2.24) is 20.9 Å². The van der Waals surface area contributed by atoms with Crippen LogP contribution in [-0.4, -0.2) is 68.8 Å². The molecule has 1 saturated carbocycles. The zero-order chi connectivity index (χ0) is 18.5. The first-order chi connectivity index (χ1) is 12.7. The summed E-state index contributed by atoms with van der Waals surface area (Å²) in [5, 5.41) is 8.84. The summed E-state index contributed by atoms with van der Waals surface area (Å²) in [6.07, 6.45) is 9.11. The number of nitrogens with one attached hydrogen (secondary N) is 3. The van der Waals surface area contributed by atoms with Gasteiger partial charge in [-0.2, -0.15) is 0 Å². The van der Waals surface area contributed by atoms with Gasteiger partial charge in [-0.1, -0.05) is 19.3 Å². The van der Waals surface area contributed by atoms with Crippen LogP contribution >= 0.6 is 0 Å². The topological polar surface area (TPSA) is 82.7 Å². The summed E-state index contributed by atoms with van der Waals surface area (Å²) in [4.78, 5) is 26.0. The number of rotatable bonds is 10. The Kier molecular flexibility index (Phi) is 10.4. The van der Waals surface area contributed by atoms with E-state index in [1.54, 1.807) is 0 Å². The van der Waals surface area contributed by atoms with Gasteiger partial charge in [-0.3, -0.25) is 9.69 Å². The number of urea groups is 1. The summed E-state index contributed by atoms with van der Waals surface area (Å²) in [5.74, 6) is 0.0749. The molecule has 3 N–H and O–H groups in total. The maximum absolute atomic E-state index is 11.8. The molecule has 1 heterocycles. The molecule has 7 heteroatoms. The molecule has 1 aliphatic carbocycles. The van der Waals surface area contributed by atoms with Crippen LogP contribution in [0, 0.1) is 0 Å². The highest BCUT2D eigenvalue weighted by Gasteiger charge is 2.15. The highest BCUT2D eigenvalue weighted by atomic mass is 16.5. The molecular formula is C19H36N4O3. The minimum Gasteiger partial charge on any atom is -0.379 e. The zero-order valence-electron chi connectivity index (χ0n) is 16.1. The van der Waals surface area contributed by atoms with Gasteiger partial charge in [0.2, 0.25) is 5.91 Å². The monoisotopic (exact) mass is 368 g/mol. The highest BCUT2D eigenvalue weighted by Crippen LogP contribution is 2.17. The second-order valence-corrected chi connectivity index (χ2v) is 7.35. The van der Waals surface area contributed by atoms with E-state index < -0.39 is 0 Å². The van der Waals surface area contributed by atoms with E-state index in [1.807, 2.05) is 0 Å². The lowest BCUT2D eigenvalue weighted by Gasteiger charge is -2.26. The standard InChI is InChI=1S/C19H36N4O3/c24-18(20-10-4-5-12-23-13-15-26-16-14-23)9-6-11-21-19(25)22-17-7-2-1-3-8-17/h17H,1-16H2,(H,20,24)(H2,21,22,25). The molecule has 3 amide bonds. The summed E-state index contributed by atoms with van der Waals surface area (Å²) >= 11 is 0. The second kappa shape index (κ2) is 12.9. The first-order valence-electron chi connectivity index (χ1n) is 10.4. The molecular weight excluding hydrogens is 332 g/mol. The van der Waals surface area contributed by atoms with E-state index in [4.69, 9.17) is 4.74 Å². The lowest BCUT2D eigenvalue weighted by Crippen LogP contribution is -2.43. The molecule has 0 bridgehead atoms. The fourth-order valence-corrected chi connectivity index (χ4v) is 3.54. The van der Waals surface area contributed by atoms with Crippen LogP contribution < -0.4 is 16.0 Å². The molecule has 0 unspecified atom stereocenters. The summed E-state index contributed by atoms with van der Waals surface area (Å²) in [7, 11) is 0. The lowest BCUT2D eigenvalue weighted by atomic mass is 9.96. The van der Waals surface area contributed by atoms with Crippen LogP contribution in [0.2, 0.25) is 0 Å². The molecule has 1 saturated heterocycles. The molecule has 150 valence electrons. The molecule has 7 nitrogen and oxygen atoms in total. The lowest BCUT2D eigenvalue weighted by molar-refractivity contribution is -0.121. The van der Waals surface area contributed by atoms with Crippen LogP contribution in [0.3, 0.4) is 0 Å². The van der Waals surface area contributed by atoms with E-state index >= 15 is 0 Å². The fourth-order valence-electron chi connectivity index (χ4n) is 3.54. The number of ether oxygens (including phenoxy) is 1. The van der Waals surface area contributed by atoms with Gasteiger partial charge in [0.05, 0.1) is 13.2 Å². The van der Waals surface area contributed by atoms with Gasteiger partial charge in [-0.15, -0.1) is 0 Å². The molecule has 0 spiro atoms. The molecule has 0 radical (unpaired) electrons. The highest BCUT2D eigenvalue weighted by molar-refractivity contribution is 5.76. The molecule has 26 heavy (non-hydrogen) atoms. The van der Waals surface area contributed by atoms with Crippen LogP contribution in [0.1, 0.15) is 57.8 Å². The molecule has 0 atom stereocenters. The van der Waals surface area contributed by atoms with Crippen molar-refractivity contribution in [2.45, 2.75) is 63.8 Å². The van der Waals surface area contributed by atoms with Crippen LogP contribution in [0.15, 0.2) is 0 Å². The van der Waals surface area contributed by atoms with E-state index in [0.717, 1.165) is 65.1 Å². The Bertz CT molecular complexity index is 408. The van der Waals surface area contributed by atoms with Gasteiger partial charge in [0.1, 0.15) is 0 Å². The number of hydrogen-bond acceptors (Lipinski definition) is 4. The van der Waals surface area contributed by atoms with Crippen molar-refractivity contribution in [2.24, 2.45) is 0 Å². The maximum Gasteiger partial charge on any atom is 0.315 e. The number of hydrogen-bond donors (Lipinski definition) is 3. The van der Waals surface area contributed by atoms with Gasteiger partial charge in [-0.25, -0.2) is 4.79 Å². The number of morpholine rings is 1. The van der Waals surface area contributed by atoms with Crippen molar-refractivity contribution in [3.05, 3.63) is 0 Å². The number of nitrogens with zero attached hydrogens (tertiary/aromatic N) is 1. The average Bonchev–Trinajstić information content (AvgIpc) is 2.66. The molecule has 2 rings (SSSR count). The number of unbranched alkanes of at least 4 members (excludes halogenated alkanes) is 1. The fraction of sp³-hybridized carbons (Fsp3) is 0.895. The van der Waals surface area contributed by atoms with Crippen molar-refractivity contribution in [1.29, 1.82) is 0 Å². The average molecular weight is 369 g/mol. The van der Waals surface area contributed by atoms with Gasteiger partial charge < -0.3 is 20.7 Å². The Labute approximate surface area is 157 Å². The van der Waals surface area contributed by atoms with Gasteiger partial charge in [-0.05, 0) is 38.6 Å². The van der Waals surface area contributed by atoms with Crippen LogP contribution in [0.25, 0.3) is 0 Å². The Morgan fingerprint density at radius 3 is 2.42 bits per heavy atom. The van der Waals surface area contributed by atoms with Crippen LogP contribution in [0.4, 0.5) is 4.79 Å². The van der Waals surface area contributed by atoms with Gasteiger partial charge in [0, 0.05) is 38.6 Å². The number of carbonyl (C=O) groups excluding carboxylic acids is 2. The van der Waals surface area contributed by atoms with Crippen molar-refractivity contribution >= 4 is 11.9 Å². The molecule has 0 aromatic rings. The van der Waals surface area contributed by atoms with Gasteiger partial charge in [0.15, 0.2) is 0 Å². The molecule has 0 aromatic carbocycles. The normalized spacial score (nSPS) is 19.1. The summed E-state index contributed by atoms with van der Waals surface area (Å²) in [6.45, 7) is 6.08. The maximum atomic E-state index is 11.8.